The highest BCUT2D eigenvalue weighted by Crippen LogP contribution is 2.15. The molecule has 0 radical (unpaired) electrons. The molecule has 0 fully saturated rings. The van der Waals surface area contributed by atoms with Crippen LogP contribution in [0, 0.1) is 5.92 Å². The molecule has 2 N–H and O–H groups in total. The summed E-state index contributed by atoms with van der Waals surface area (Å²) >= 11 is 0. The van der Waals surface area contributed by atoms with Crippen molar-refractivity contribution in [2.45, 2.75) is 45.8 Å². The standard InChI is InChI=1S/C11H26N2O2S/c1-5-11(6-2)9-13(7-3)16(14,15)10(4)8-12/h10-11H,5-9,12H2,1-4H3. The maximum Gasteiger partial charge on any atom is 0.217 e. The second-order valence-corrected chi connectivity index (χ2v) is 6.58. The molecule has 16 heavy (non-hydrogen) atoms. The zero-order valence-corrected chi connectivity index (χ0v) is 11.8. The lowest BCUT2D eigenvalue weighted by atomic mass is 10.0. The van der Waals surface area contributed by atoms with Gasteiger partial charge in [-0.15, -0.1) is 0 Å². The average Bonchev–Trinajstić information content (AvgIpc) is 2.29. The van der Waals surface area contributed by atoms with Crippen LogP contribution in [-0.4, -0.2) is 37.6 Å². The molecule has 0 aromatic rings. The highest BCUT2D eigenvalue weighted by atomic mass is 32.2. The minimum atomic E-state index is -3.21. The van der Waals surface area contributed by atoms with Gasteiger partial charge in [0.1, 0.15) is 0 Å². The monoisotopic (exact) mass is 250 g/mol. The van der Waals surface area contributed by atoms with Crippen molar-refractivity contribution in [1.29, 1.82) is 0 Å². The van der Waals surface area contributed by atoms with Crippen LogP contribution in [-0.2, 0) is 10.0 Å². The van der Waals surface area contributed by atoms with E-state index in [4.69, 9.17) is 5.73 Å². The quantitative estimate of drug-likeness (QED) is 0.708. The Bertz CT molecular complexity index is 274. The number of hydrogen-bond acceptors (Lipinski definition) is 3. The molecule has 0 spiro atoms. The van der Waals surface area contributed by atoms with Gasteiger partial charge in [-0.1, -0.05) is 33.6 Å². The minimum Gasteiger partial charge on any atom is -0.329 e. The Labute approximate surface area is 100 Å². The van der Waals surface area contributed by atoms with Gasteiger partial charge in [0.25, 0.3) is 0 Å². The summed E-state index contributed by atoms with van der Waals surface area (Å²) in [5.74, 6) is 0.444. The molecule has 0 aliphatic rings. The van der Waals surface area contributed by atoms with Gasteiger partial charge in [-0.25, -0.2) is 12.7 Å². The summed E-state index contributed by atoms with van der Waals surface area (Å²) < 4.78 is 25.8. The Hall–Kier alpha value is -0.130. The smallest absolute Gasteiger partial charge is 0.217 e. The molecule has 1 atom stereocenters. The molecule has 1 unspecified atom stereocenters. The van der Waals surface area contributed by atoms with Gasteiger partial charge in [0.2, 0.25) is 10.0 Å². The van der Waals surface area contributed by atoms with Gasteiger partial charge in [-0.3, -0.25) is 0 Å². The number of rotatable bonds is 8. The normalized spacial score (nSPS) is 14.7. The van der Waals surface area contributed by atoms with Gasteiger partial charge in [0.15, 0.2) is 0 Å². The Morgan fingerprint density at radius 3 is 2.00 bits per heavy atom. The van der Waals surface area contributed by atoms with E-state index in [2.05, 4.69) is 13.8 Å². The Morgan fingerprint density at radius 1 is 1.19 bits per heavy atom. The lowest BCUT2D eigenvalue weighted by molar-refractivity contribution is 0.336. The van der Waals surface area contributed by atoms with Crippen LogP contribution in [0.25, 0.3) is 0 Å². The lowest BCUT2D eigenvalue weighted by Crippen LogP contribution is -2.42. The molecule has 0 saturated carbocycles. The zero-order chi connectivity index (χ0) is 12.8. The molecule has 0 heterocycles. The van der Waals surface area contributed by atoms with E-state index in [1.54, 1.807) is 11.2 Å². The Balaban J connectivity index is 4.72. The number of nitrogens with two attached hydrogens (primary N) is 1. The van der Waals surface area contributed by atoms with Crippen LogP contribution in [0.5, 0.6) is 0 Å². The van der Waals surface area contributed by atoms with Crippen LogP contribution in [0.2, 0.25) is 0 Å². The molecule has 0 aliphatic heterocycles. The molecular formula is C11H26N2O2S. The third kappa shape index (κ3) is 4.03. The summed E-state index contributed by atoms with van der Waals surface area (Å²) in [6.07, 6.45) is 2.03. The van der Waals surface area contributed by atoms with Crippen LogP contribution in [0.15, 0.2) is 0 Å². The van der Waals surface area contributed by atoms with Crippen molar-refractivity contribution >= 4 is 10.0 Å². The van der Waals surface area contributed by atoms with Crippen molar-refractivity contribution < 1.29 is 8.42 Å². The molecule has 0 rings (SSSR count). The van der Waals surface area contributed by atoms with E-state index in [-0.39, 0.29) is 6.54 Å². The fourth-order valence-electron chi connectivity index (χ4n) is 1.62. The highest BCUT2D eigenvalue weighted by Gasteiger charge is 2.27. The number of hydrogen-bond donors (Lipinski definition) is 1. The summed E-state index contributed by atoms with van der Waals surface area (Å²) in [7, 11) is -3.21. The van der Waals surface area contributed by atoms with Gasteiger partial charge in [0, 0.05) is 19.6 Å². The second kappa shape index (κ2) is 7.25. The zero-order valence-electron chi connectivity index (χ0n) is 10.9. The first-order chi connectivity index (χ1) is 7.43. The molecule has 0 aromatic heterocycles. The predicted molar refractivity (Wildman–Crippen MR) is 68.8 cm³/mol. The molecule has 5 heteroatoms. The van der Waals surface area contributed by atoms with E-state index in [9.17, 15) is 8.42 Å². The van der Waals surface area contributed by atoms with Crippen molar-refractivity contribution in [3.05, 3.63) is 0 Å². The van der Waals surface area contributed by atoms with E-state index in [0.29, 0.717) is 19.0 Å². The van der Waals surface area contributed by atoms with Crippen molar-refractivity contribution in [2.24, 2.45) is 11.7 Å². The third-order valence-corrected chi connectivity index (χ3v) is 5.51. The maximum atomic E-state index is 12.1. The Kier molecular flexibility index (Phi) is 7.19. The molecular weight excluding hydrogens is 224 g/mol. The average molecular weight is 250 g/mol. The molecule has 0 amide bonds. The fraction of sp³-hybridized carbons (Fsp3) is 1.00. The lowest BCUT2D eigenvalue weighted by Gasteiger charge is -2.27. The number of nitrogens with zero attached hydrogens (tertiary/aromatic N) is 1. The van der Waals surface area contributed by atoms with Crippen LogP contribution >= 0.6 is 0 Å². The number of sulfonamides is 1. The largest absolute Gasteiger partial charge is 0.329 e. The van der Waals surface area contributed by atoms with Crippen LogP contribution in [0.3, 0.4) is 0 Å². The second-order valence-electron chi connectivity index (χ2n) is 4.22. The predicted octanol–water partition coefficient (Wildman–Crippen LogP) is 1.42. The first-order valence-corrected chi connectivity index (χ1v) is 7.63. The highest BCUT2D eigenvalue weighted by molar-refractivity contribution is 7.89. The van der Waals surface area contributed by atoms with Crippen molar-refractivity contribution in [3.8, 4) is 0 Å². The van der Waals surface area contributed by atoms with E-state index < -0.39 is 15.3 Å². The molecule has 0 saturated heterocycles. The van der Waals surface area contributed by atoms with Crippen LogP contribution in [0.4, 0.5) is 0 Å². The van der Waals surface area contributed by atoms with Crippen LogP contribution < -0.4 is 5.73 Å². The van der Waals surface area contributed by atoms with E-state index in [1.165, 1.54) is 0 Å². The third-order valence-electron chi connectivity index (χ3n) is 3.17. The fourth-order valence-corrected chi connectivity index (χ4v) is 3.15. The topological polar surface area (TPSA) is 63.4 Å². The van der Waals surface area contributed by atoms with E-state index in [0.717, 1.165) is 12.8 Å². The molecule has 0 aliphatic carbocycles. The first kappa shape index (κ1) is 15.9. The molecule has 0 bridgehead atoms. The van der Waals surface area contributed by atoms with Crippen molar-refractivity contribution in [1.82, 2.24) is 4.31 Å². The minimum absolute atomic E-state index is 0.182. The SMILES string of the molecule is CCC(CC)CN(CC)S(=O)(=O)C(C)CN. The van der Waals surface area contributed by atoms with E-state index in [1.807, 2.05) is 6.92 Å². The van der Waals surface area contributed by atoms with E-state index >= 15 is 0 Å². The van der Waals surface area contributed by atoms with Crippen molar-refractivity contribution in [2.75, 3.05) is 19.6 Å². The first-order valence-electron chi connectivity index (χ1n) is 6.12. The maximum absolute atomic E-state index is 12.1. The Morgan fingerprint density at radius 2 is 1.69 bits per heavy atom. The molecule has 4 nitrogen and oxygen atoms in total. The van der Waals surface area contributed by atoms with Crippen LogP contribution in [0.1, 0.15) is 40.5 Å². The van der Waals surface area contributed by atoms with Gasteiger partial charge in [-0.2, -0.15) is 0 Å². The van der Waals surface area contributed by atoms with Gasteiger partial charge < -0.3 is 5.73 Å². The van der Waals surface area contributed by atoms with Gasteiger partial charge in [-0.05, 0) is 12.8 Å². The van der Waals surface area contributed by atoms with Crippen molar-refractivity contribution in [3.63, 3.8) is 0 Å². The molecule has 0 aromatic carbocycles. The summed E-state index contributed by atoms with van der Waals surface area (Å²) in [4.78, 5) is 0. The molecule has 98 valence electrons. The van der Waals surface area contributed by atoms with Gasteiger partial charge in [0.05, 0.1) is 5.25 Å². The summed E-state index contributed by atoms with van der Waals surface area (Å²) in [6.45, 7) is 9.08. The summed E-state index contributed by atoms with van der Waals surface area (Å²) in [5.41, 5.74) is 5.44. The summed E-state index contributed by atoms with van der Waals surface area (Å²) in [6, 6.07) is 0. The summed E-state index contributed by atoms with van der Waals surface area (Å²) in [5, 5.41) is -0.484. The van der Waals surface area contributed by atoms with Gasteiger partial charge >= 0.3 is 0 Å².